The summed E-state index contributed by atoms with van der Waals surface area (Å²) in [5.41, 5.74) is 0. The van der Waals surface area contributed by atoms with E-state index in [1.807, 2.05) is 4.90 Å². The highest BCUT2D eigenvalue weighted by Gasteiger charge is 2.28. The zero-order chi connectivity index (χ0) is 13.9. The Morgan fingerprint density at radius 2 is 2.25 bits per heavy atom. The summed E-state index contributed by atoms with van der Waals surface area (Å²) in [7, 11) is 1.68. The van der Waals surface area contributed by atoms with E-state index in [0.717, 1.165) is 19.4 Å². The largest absolute Gasteiger partial charge is 0.407 e. The molecule has 1 aliphatic heterocycles. The van der Waals surface area contributed by atoms with Gasteiger partial charge in [0.1, 0.15) is 0 Å². The molecule has 1 atom stereocenters. The van der Waals surface area contributed by atoms with Crippen molar-refractivity contribution in [2.75, 3.05) is 25.0 Å². The summed E-state index contributed by atoms with van der Waals surface area (Å²) in [6.07, 6.45) is 4.36. The molecule has 20 heavy (non-hydrogen) atoms. The number of hydrogen-bond acceptors (Lipinski definition) is 6. The number of piperidine rings is 1. The normalized spacial score (nSPS) is 22.9. The molecule has 1 unspecified atom stereocenters. The summed E-state index contributed by atoms with van der Waals surface area (Å²) in [6, 6.07) is 1.16. The fourth-order valence-electron chi connectivity index (χ4n) is 2.53. The van der Waals surface area contributed by atoms with Crippen molar-refractivity contribution in [3.8, 4) is 0 Å². The Balaban J connectivity index is 1.58. The minimum Gasteiger partial charge on any atom is -0.407 e. The van der Waals surface area contributed by atoms with Crippen LogP contribution in [0.2, 0.25) is 0 Å². The van der Waals surface area contributed by atoms with Gasteiger partial charge in [0, 0.05) is 26.2 Å². The first-order valence-electron chi connectivity index (χ1n) is 7.28. The van der Waals surface area contributed by atoms with Crippen LogP contribution in [0, 0.1) is 5.92 Å². The number of amides is 1. The Bertz CT molecular complexity index is 471. The van der Waals surface area contributed by atoms with Crippen molar-refractivity contribution in [1.82, 2.24) is 20.8 Å². The van der Waals surface area contributed by atoms with Crippen LogP contribution in [0.4, 0.5) is 6.01 Å². The van der Waals surface area contributed by atoms with Crippen molar-refractivity contribution in [2.45, 2.75) is 38.3 Å². The molecule has 2 fully saturated rings. The van der Waals surface area contributed by atoms with E-state index in [2.05, 4.69) is 20.8 Å². The lowest BCUT2D eigenvalue weighted by molar-refractivity contribution is -0.124. The van der Waals surface area contributed by atoms with E-state index in [9.17, 15) is 4.79 Å². The number of aromatic nitrogens is 2. The van der Waals surface area contributed by atoms with Crippen LogP contribution in [-0.4, -0.2) is 42.3 Å². The maximum Gasteiger partial charge on any atom is 0.318 e. The van der Waals surface area contributed by atoms with Crippen molar-refractivity contribution in [2.24, 2.45) is 5.92 Å². The first-order valence-corrected chi connectivity index (χ1v) is 7.28. The van der Waals surface area contributed by atoms with Crippen LogP contribution in [0.5, 0.6) is 0 Å². The van der Waals surface area contributed by atoms with Gasteiger partial charge in [0.05, 0.1) is 12.5 Å². The summed E-state index contributed by atoms with van der Waals surface area (Å²) in [4.78, 5) is 13.7. The summed E-state index contributed by atoms with van der Waals surface area (Å²) in [6.45, 7) is 2.15. The molecule has 0 bridgehead atoms. The van der Waals surface area contributed by atoms with Gasteiger partial charge in [0.2, 0.25) is 11.8 Å². The molecular formula is C13H21N5O2. The van der Waals surface area contributed by atoms with Crippen LogP contribution in [0.1, 0.15) is 31.6 Å². The van der Waals surface area contributed by atoms with Gasteiger partial charge in [-0.15, -0.1) is 5.10 Å². The van der Waals surface area contributed by atoms with Crippen LogP contribution >= 0.6 is 0 Å². The van der Waals surface area contributed by atoms with Crippen LogP contribution in [-0.2, 0) is 11.3 Å². The maximum absolute atomic E-state index is 11.7. The molecule has 2 N–H and O–H groups in total. The standard InChI is InChI=1S/C13H21N5O2/c1-14-12(19)9-3-2-6-18(8-9)13-17-16-11(20-13)7-15-10-4-5-10/h9-10,15H,2-8H2,1H3,(H,14,19). The van der Waals surface area contributed by atoms with Gasteiger partial charge in [-0.25, -0.2) is 0 Å². The number of nitrogens with one attached hydrogen (secondary N) is 2. The predicted octanol–water partition coefficient (Wildman–Crippen LogP) is 0.284. The number of carbonyl (C=O) groups is 1. The quantitative estimate of drug-likeness (QED) is 0.806. The monoisotopic (exact) mass is 279 g/mol. The lowest BCUT2D eigenvalue weighted by Gasteiger charge is -2.30. The number of hydrogen-bond donors (Lipinski definition) is 2. The minimum absolute atomic E-state index is 0.00805. The first-order chi connectivity index (χ1) is 9.76. The Morgan fingerprint density at radius 1 is 1.40 bits per heavy atom. The predicted molar refractivity (Wildman–Crippen MR) is 73.2 cm³/mol. The Hall–Kier alpha value is -1.63. The van der Waals surface area contributed by atoms with E-state index in [-0.39, 0.29) is 11.8 Å². The van der Waals surface area contributed by atoms with Crippen LogP contribution < -0.4 is 15.5 Å². The SMILES string of the molecule is CNC(=O)C1CCCN(c2nnc(CNC3CC3)o2)C1. The van der Waals surface area contributed by atoms with Gasteiger partial charge in [0.15, 0.2) is 0 Å². The third-order valence-corrected chi connectivity index (χ3v) is 3.88. The molecule has 2 aliphatic rings. The van der Waals surface area contributed by atoms with E-state index >= 15 is 0 Å². The molecular weight excluding hydrogens is 258 g/mol. The maximum atomic E-state index is 11.7. The molecule has 0 aromatic carbocycles. The number of rotatable bonds is 5. The summed E-state index contributed by atoms with van der Waals surface area (Å²) >= 11 is 0. The van der Waals surface area contributed by atoms with Gasteiger partial charge >= 0.3 is 6.01 Å². The van der Waals surface area contributed by atoms with E-state index < -0.39 is 0 Å². The average Bonchev–Trinajstić information content (AvgIpc) is 3.21. The molecule has 1 amide bonds. The second-order valence-electron chi connectivity index (χ2n) is 5.53. The zero-order valence-corrected chi connectivity index (χ0v) is 11.8. The van der Waals surface area contributed by atoms with Crippen molar-refractivity contribution < 1.29 is 9.21 Å². The number of nitrogens with zero attached hydrogens (tertiary/aromatic N) is 3. The lowest BCUT2D eigenvalue weighted by Crippen LogP contribution is -2.42. The summed E-state index contributed by atoms with van der Waals surface area (Å²) in [5, 5.41) is 14.2. The van der Waals surface area contributed by atoms with Gasteiger partial charge in [0.25, 0.3) is 0 Å². The molecule has 1 saturated heterocycles. The molecule has 7 heteroatoms. The first kappa shape index (κ1) is 13.4. The molecule has 7 nitrogen and oxygen atoms in total. The van der Waals surface area contributed by atoms with Crippen molar-refractivity contribution in [1.29, 1.82) is 0 Å². The van der Waals surface area contributed by atoms with E-state index in [0.29, 0.717) is 31.0 Å². The highest BCUT2D eigenvalue weighted by atomic mass is 16.4. The fraction of sp³-hybridized carbons (Fsp3) is 0.769. The molecule has 110 valence electrons. The van der Waals surface area contributed by atoms with Gasteiger partial charge in [-0.05, 0) is 25.7 Å². The van der Waals surface area contributed by atoms with Crippen LogP contribution in [0.15, 0.2) is 4.42 Å². The Morgan fingerprint density at radius 3 is 3.00 bits per heavy atom. The molecule has 2 heterocycles. The van der Waals surface area contributed by atoms with Crippen LogP contribution in [0.25, 0.3) is 0 Å². The minimum atomic E-state index is 0.00805. The van der Waals surface area contributed by atoms with Crippen molar-refractivity contribution >= 4 is 11.9 Å². The highest BCUT2D eigenvalue weighted by Crippen LogP contribution is 2.23. The average molecular weight is 279 g/mol. The van der Waals surface area contributed by atoms with E-state index in [1.54, 1.807) is 7.05 Å². The molecule has 1 aliphatic carbocycles. The smallest absolute Gasteiger partial charge is 0.318 e. The third kappa shape index (κ3) is 3.09. The highest BCUT2D eigenvalue weighted by molar-refractivity contribution is 5.79. The van der Waals surface area contributed by atoms with Gasteiger partial charge in [-0.2, -0.15) is 0 Å². The van der Waals surface area contributed by atoms with Crippen LogP contribution in [0.3, 0.4) is 0 Å². The topological polar surface area (TPSA) is 83.3 Å². The Labute approximate surface area is 118 Å². The number of anilines is 1. The zero-order valence-electron chi connectivity index (χ0n) is 11.8. The molecule has 3 rings (SSSR count). The number of carbonyl (C=O) groups excluding carboxylic acids is 1. The second-order valence-corrected chi connectivity index (χ2v) is 5.53. The molecule has 1 saturated carbocycles. The van der Waals surface area contributed by atoms with E-state index in [1.165, 1.54) is 12.8 Å². The van der Waals surface area contributed by atoms with Crippen molar-refractivity contribution in [3.63, 3.8) is 0 Å². The van der Waals surface area contributed by atoms with Crippen molar-refractivity contribution in [3.05, 3.63) is 5.89 Å². The molecule has 0 spiro atoms. The Kier molecular flexibility index (Phi) is 3.86. The van der Waals surface area contributed by atoms with Gasteiger partial charge in [-0.3, -0.25) is 4.79 Å². The fourth-order valence-corrected chi connectivity index (χ4v) is 2.53. The lowest BCUT2D eigenvalue weighted by atomic mass is 9.97. The second kappa shape index (κ2) is 5.78. The summed E-state index contributed by atoms with van der Waals surface area (Å²) in [5.74, 6) is 0.715. The molecule has 1 aromatic heterocycles. The molecule has 1 aromatic rings. The van der Waals surface area contributed by atoms with Gasteiger partial charge < -0.3 is 20.0 Å². The third-order valence-electron chi connectivity index (χ3n) is 3.88. The summed E-state index contributed by atoms with van der Waals surface area (Å²) < 4.78 is 5.67. The molecule has 0 radical (unpaired) electrons. The van der Waals surface area contributed by atoms with Gasteiger partial charge in [-0.1, -0.05) is 5.10 Å². The van der Waals surface area contributed by atoms with E-state index in [4.69, 9.17) is 4.42 Å².